The Bertz CT molecular complexity index is 458. The third kappa shape index (κ3) is 3.68. The number of esters is 1. The van der Waals surface area contributed by atoms with Crippen LogP contribution in [0.25, 0.3) is 0 Å². The van der Waals surface area contributed by atoms with Crippen molar-refractivity contribution >= 4 is 24.0 Å². The van der Waals surface area contributed by atoms with Crippen molar-refractivity contribution in [2.75, 3.05) is 6.80 Å². The molecule has 0 bridgehead atoms. The lowest BCUT2D eigenvalue weighted by Gasteiger charge is -2.09. The smallest absolute Gasteiger partial charge is 0.308 e. The van der Waals surface area contributed by atoms with E-state index in [1.54, 1.807) is 0 Å². The van der Waals surface area contributed by atoms with Gasteiger partial charge in [-0.25, -0.2) is 13.4 Å². The number of halogens is 1. The van der Waals surface area contributed by atoms with Crippen LogP contribution in [0.15, 0.2) is 30.3 Å². The van der Waals surface area contributed by atoms with Crippen molar-refractivity contribution in [1.29, 1.82) is 0 Å². The van der Waals surface area contributed by atoms with Crippen molar-refractivity contribution in [1.82, 2.24) is 9.03 Å². The predicted molar refractivity (Wildman–Crippen MR) is 68.2 cm³/mol. The van der Waals surface area contributed by atoms with Gasteiger partial charge in [-0.3, -0.25) is 9.59 Å². The van der Waals surface area contributed by atoms with Gasteiger partial charge in [0.2, 0.25) is 0 Å². The van der Waals surface area contributed by atoms with Gasteiger partial charge in [0.15, 0.2) is 6.80 Å². The molecule has 1 N–H and O–H groups in total. The molecular formula is C12H13FN2O3S. The van der Waals surface area contributed by atoms with E-state index in [0.29, 0.717) is 0 Å². The van der Waals surface area contributed by atoms with E-state index in [4.69, 9.17) is 4.74 Å². The van der Waals surface area contributed by atoms with Crippen LogP contribution >= 0.6 is 12.1 Å². The SMILES string of the molecule is O=C(CC1NSN(CF)C1=O)OCc1ccccc1. The van der Waals surface area contributed by atoms with Gasteiger partial charge in [0.25, 0.3) is 5.91 Å². The molecule has 1 unspecified atom stereocenters. The molecule has 102 valence electrons. The first-order chi connectivity index (χ1) is 9.20. The largest absolute Gasteiger partial charge is 0.461 e. The summed E-state index contributed by atoms with van der Waals surface area (Å²) in [7, 11) is 0. The zero-order valence-electron chi connectivity index (χ0n) is 10.0. The molecule has 1 fully saturated rings. The summed E-state index contributed by atoms with van der Waals surface area (Å²) in [5, 5.41) is 0. The van der Waals surface area contributed by atoms with E-state index in [9.17, 15) is 14.0 Å². The van der Waals surface area contributed by atoms with Crippen LogP contribution in [0, 0.1) is 0 Å². The molecule has 0 spiro atoms. The van der Waals surface area contributed by atoms with Gasteiger partial charge in [-0.1, -0.05) is 30.3 Å². The number of carbonyl (C=O) groups excluding carboxylic acids is 2. The Morgan fingerprint density at radius 2 is 2.16 bits per heavy atom. The van der Waals surface area contributed by atoms with E-state index in [2.05, 4.69) is 4.72 Å². The fourth-order valence-corrected chi connectivity index (χ4v) is 2.28. The lowest BCUT2D eigenvalue weighted by atomic mass is 10.2. The average molecular weight is 284 g/mol. The van der Waals surface area contributed by atoms with Gasteiger partial charge >= 0.3 is 5.97 Å². The molecule has 5 nitrogen and oxygen atoms in total. The van der Waals surface area contributed by atoms with E-state index >= 15 is 0 Å². The Morgan fingerprint density at radius 1 is 1.42 bits per heavy atom. The minimum absolute atomic E-state index is 0.102. The zero-order valence-corrected chi connectivity index (χ0v) is 10.9. The summed E-state index contributed by atoms with van der Waals surface area (Å²) < 4.78 is 21.0. The van der Waals surface area contributed by atoms with E-state index in [0.717, 1.165) is 22.0 Å². The van der Waals surface area contributed by atoms with Gasteiger partial charge in [-0.15, -0.1) is 0 Å². The minimum Gasteiger partial charge on any atom is -0.461 e. The maximum absolute atomic E-state index is 12.4. The third-order valence-electron chi connectivity index (χ3n) is 2.57. The minimum atomic E-state index is -0.883. The molecule has 1 aromatic carbocycles. The highest BCUT2D eigenvalue weighted by Crippen LogP contribution is 2.19. The fourth-order valence-electron chi connectivity index (χ4n) is 1.57. The Hall–Kier alpha value is -1.60. The molecule has 1 amide bonds. The highest BCUT2D eigenvalue weighted by Gasteiger charge is 2.34. The average Bonchev–Trinajstić information content (AvgIpc) is 2.78. The molecule has 0 radical (unpaired) electrons. The van der Waals surface area contributed by atoms with E-state index in [-0.39, 0.29) is 13.0 Å². The van der Waals surface area contributed by atoms with Crippen LogP contribution in [0.1, 0.15) is 12.0 Å². The van der Waals surface area contributed by atoms with Crippen molar-refractivity contribution in [3.8, 4) is 0 Å². The number of nitrogens with one attached hydrogen (secondary N) is 1. The second-order valence-electron chi connectivity index (χ2n) is 3.95. The molecule has 0 aromatic heterocycles. The van der Waals surface area contributed by atoms with E-state index in [1.165, 1.54) is 0 Å². The van der Waals surface area contributed by atoms with E-state index in [1.807, 2.05) is 30.3 Å². The summed E-state index contributed by atoms with van der Waals surface area (Å²) in [5.74, 6) is -0.930. The van der Waals surface area contributed by atoms with Crippen LogP contribution in [0.2, 0.25) is 0 Å². The Morgan fingerprint density at radius 3 is 2.79 bits per heavy atom. The summed E-state index contributed by atoms with van der Waals surface area (Å²) in [5.41, 5.74) is 0.876. The number of hydrogen-bond donors (Lipinski definition) is 1. The molecule has 0 saturated carbocycles. The molecule has 1 aliphatic heterocycles. The van der Waals surface area contributed by atoms with Crippen LogP contribution in [0.4, 0.5) is 4.39 Å². The highest BCUT2D eigenvalue weighted by molar-refractivity contribution is 7.96. The number of alkyl halides is 1. The monoisotopic (exact) mass is 284 g/mol. The number of benzene rings is 1. The first-order valence-electron chi connectivity index (χ1n) is 5.70. The molecule has 1 saturated heterocycles. The number of ether oxygens (including phenoxy) is 1. The summed E-state index contributed by atoms with van der Waals surface area (Å²) in [4.78, 5) is 23.1. The van der Waals surface area contributed by atoms with Crippen LogP contribution in [0.5, 0.6) is 0 Å². The second-order valence-corrected chi connectivity index (χ2v) is 4.81. The number of amides is 1. The summed E-state index contributed by atoms with van der Waals surface area (Å²) in [6, 6.07) is 8.53. The number of carbonyl (C=O) groups is 2. The lowest BCUT2D eigenvalue weighted by molar-refractivity contribution is -0.147. The van der Waals surface area contributed by atoms with Gasteiger partial charge in [0, 0.05) is 12.1 Å². The first-order valence-corrected chi connectivity index (χ1v) is 6.47. The number of nitrogens with zero attached hydrogens (tertiary/aromatic N) is 1. The molecule has 1 aliphatic rings. The summed E-state index contributed by atoms with van der Waals surface area (Å²) >= 11 is 0.866. The van der Waals surface area contributed by atoms with Gasteiger partial charge in [0.1, 0.15) is 12.6 Å². The van der Waals surface area contributed by atoms with Crippen LogP contribution in [-0.2, 0) is 20.9 Å². The van der Waals surface area contributed by atoms with Crippen molar-refractivity contribution in [2.24, 2.45) is 0 Å². The van der Waals surface area contributed by atoms with E-state index < -0.39 is 24.7 Å². The normalized spacial score (nSPS) is 18.7. The lowest BCUT2D eigenvalue weighted by Crippen LogP contribution is -2.32. The second kappa shape index (κ2) is 6.53. The van der Waals surface area contributed by atoms with Gasteiger partial charge in [-0.2, -0.15) is 0 Å². The molecule has 0 aliphatic carbocycles. The Balaban J connectivity index is 1.78. The maximum Gasteiger partial charge on any atom is 0.308 e. The standard InChI is InChI=1S/C12H13FN2O3S/c13-8-15-12(17)10(14-19-15)6-11(16)18-7-9-4-2-1-3-5-9/h1-5,10,14H,6-8H2. The Labute approximate surface area is 114 Å². The van der Waals surface area contributed by atoms with Gasteiger partial charge < -0.3 is 4.74 Å². The quantitative estimate of drug-likeness (QED) is 0.503. The molecule has 7 heteroatoms. The van der Waals surface area contributed by atoms with Crippen molar-refractivity contribution in [3.05, 3.63) is 35.9 Å². The van der Waals surface area contributed by atoms with Crippen molar-refractivity contribution < 1.29 is 18.7 Å². The number of hydrogen-bond acceptors (Lipinski definition) is 5. The maximum atomic E-state index is 12.4. The van der Waals surface area contributed by atoms with Crippen molar-refractivity contribution in [3.63, 3.8) is 0 Å². The van der Waals surface area contributed by atoms with Gasteiger partial charge in [-0.05, 0) is 5.56 Å². The molecule has 1 aromatic rings. The fraction of sp³-hybridized carbons (Fsp3) is 0.333. The topological polar surface area (TPSA) is 58.6 Å². The highest BCUT2D eigenvalue weighted by atomic mass is 32.2. The number of rotatable bonds is 5. The Kier molecular flexibility index (Phi) is 4.75. The molecule has 1 heterocycles. The van der Waals surface area contributed by atoms with Gasteiger partial charge in [0.05, 0.1) is 6.42 Å². The predicted octanol–water partition coefficient (Wildman–Crippen LogP) is 1.41. The zero-order chi connectivity index (χ0) is 13.7. The molecule has 19 heavy (non-hydrogen) atoms. The summed E-state index contributed by atoms with van der Waals surface area (Å²) in [6.45, 7) is -0.716. The molecule has 2 rings (SSSR count). The molecule has 1 atom stereocenters. The molecular weight excluding hydrogens is 271 g/mol. The third-order valence-corrected chi connectivity index (χ3v) is 3.46. The summed E-state index contributed by atoms with van der Waals surface area (Å²) in [6.07, 6.45) is -0.102. The van der Waals surface area contributed by atoms with Crippen LogP contribution in [0.3, 0.4) is 0 Å². The first kappa shape index (κ1) is 13.8. The van der Waals surface area contributed by atoms with Crippen LogP contribution < -0.4 is 4.72 Å². The van der Waals surface area contributed by atoms with Crippen molar-refractivity contribution in [2.45, 2.75) is 19.1 Å². The van der Waals surface area contributed by atoms with Crippen LogP contribution in [-0.4, -0.2) is 29.0 Å².